The van der Waals surface area contributed by atoms with Gasteiger partial charge in [0.25, 0.3) is 0 Å². The Morgan fingerprint density at radius 3 is 2.33 bits per heavy atom. The Labute approximate surface area is 288 Å². The number of ether oxygens (including phenoxy) is 1. The van der Waals surface area contributed by atoms with Crippen LogP contribution in [0.15, 0.2) is 58.3 Å². The molecule has 3 N–H and O–H groups in total. The molecule has 48 heavy (non-hydrogen) atoms. The van der Waals surface area contributed by atoms with Gasteiger partial charge in [-0.2, -0.15) is 0 Å². The van der Waals surface area contributed by atoms with E-state index in [2.05, 4.69) is 16.0 Å². The molecule has 3 aliphatic heterocycles. The number of hydrogen-bond acceptors (Lipinski definition) is 6. The average Bonchev–Trinajstić information content (AvgIpc) is 3.55. The molecule has 1 amide bonds. The first-order valence-corrected chi connectivity index (χ1v) is 20.5. The molecule has 2 aromatic rings. The molecule has 2 aromatic carbocycles. The van der Waals surface area contributed by atoms with E-state index in [1.807, 2.05) is 18.2 Å². The van der Waals surface area contributed by atoms with Crippen LogP contribution < -0.4 is 16.0 Å². The minimum atomic E-state index is -3.66. The van der Waals surface area contributed by atoms with Crippen LogP contribution >= 0.6 is 0 Å². The normalized spacial score (nSPS) is 34.1. The number of sulfone groups is 1. The quantitative estimate of drug-likeness (QED) is 0.290. The standard InChI is InChI=1S/C40H57N3O4S/c1-47-28-30-9-6-16-36(23-30)48(45,46)35-19-17-29(18-20-35)26-41-38(44)40-24-33-27-42-39(25-37(33)43-40)21-5-4-11-32(13-8-22-39)31-10-2-3-14-34(40)15-7-12-31/h6,9,16-20,23,31-34,37,42-43H,2-5,7-8,10-15,21-22,24-28H2,1H3,(H,41,44). The zero-order valence-electron chi connectivity index (χ0n) is 29.0. The van der Waals surface area contributed by atoms with Crippen LogP contribution in [0.5, 0.6) is 0 Å². The summed E-state index contributed by atoms with van der Waals surface area (Å²) in [7, 11) is -2.06. The van der Waals surface area contributed by atoms with Crippen LogP contribution in [0, 0.1) is 23.7 Å². The summed E-state index contributed by atoms with van der Waals surface area (Å²) in [6.07, 6.45) is 20.1. The molecule has 5 aliphatic rings. The Morgan fingerprint density at radius 2 is 1.52 bits per heavy atom. The number of hydrogen-bond donors (Lipinski definition) is 3. The van der Waals surface area contributed by atoms with E-state index in [4.69, 9.17) is 4.74 Å². The molecule has 7 atom stereocenters. The number of methoxy groups -OCH3 is 1. The largest absolute Gasteiger partial charge is 0.380 e. The predicted octanol–water partition coefficient (Wildman–Crippen LogP) is 7.08. The fourth-order valence-electron chi connectivity index (χ4n) is 10.6. The predicted molar refractivity (Wildman–Crippen MR) is 189 cm³/mol. The van der Waals surface area contributed by atoms with E-state index in [1.165, 1.54) is 77.0 Å². The Morgan fingerprint density at radius 1 is 0.812 bits per heavy atom. The first-order chi connectivity index (χ1) is 23.3. The Hall–Kier alpha value is -2.26. The van der Waals surface area contributed by atoms with Gasteiger partial charge in [-0.1, -0.05) is 88.5 Å². The first-order valence-electron chi connectivity index (χ1n) is 19.0. The summed E-state index contributed by atoms with van der Waals surface area (Å²) in [5.74, 6) is 2.68. The van der Waals surface area contributed by atoms with Crippen molar-refractivity contribution in [1.29, 1.82) is 0 Å². The second kappa shape index (κ2) is 14.5. The lowest BCUT2D eigenvalue weighted by Crippen LogP contribution is -2.61. The molecule has 262 valence electrons. The third-order valence-electron chi connectivity index (χ3n) is 13.1. The number of carbonyl (C=O) groups excluding carboxylic acids is 1. The van der Waals surface area contributed by atoms with Crippen molar-refractivity contribution in [3.63, 3.8) is 0 Å². The minimum absolute atomic E-state index is 0.143. The van der Waals surface area contributed by atoms with Crippen LogP contribution in [0.4, 0.5) is 0 Å². The fraction of sp³-hybridized carbons (Fsp3) is 0.675. The summed E-state index contributed by atoms with van der Waals surface area (Å²) in [4.78, 5) is 15.1. The van der Waals surface area contributed by atoms with Crippen LogP contribution in [-0.2, 0) is 32.5 Å². The second-order valence-electron chi connectivity index (χ2n) is 16.0. The molecular weight excluding hydrogens is 619 g/mol. The number of benzene rings is 2. The van der Waals surface area contributed by atoms with Crippen LogP contribution in [-0.4, -0.2) is 45.1 Å². The Bertz CT molecular complexity index is 1530. The van der Waals surface area contributed by atoms with E-state index >= 15 is 0 Å². The lowest BCUT2D eigenvalue weighted by atomic mass is 9.73. The van der Waals surface area contributed by atoms with Gasteiger partial charge in [0.1, 0.15) is 5.54 Å². The summed E-state index contributed by atoms with van der Waals surface area (Å²) in [6, 6.07) is 14.3. The van der Waals surface area contributed by atoms with Crippen molar-refractivity contribution >= 4 is 15.7 Å². The van der Waals surface area contributed by atoms with Crippen molar-refractivity contribution in [1.82, 2.24) is 16.0 Å². The number of piperidine rings is 1. The molecule has 7 unspecified atom stereocenters. The van der Waals surface area contributed by atoms with E-state index in [0.717, 1.165) is 55.2 Å². The van der Waals surface area contributed by atoms with Crippen LogP contribution in [0.2, 0.25) is 0 Å². The number of fused-ring (bicyclic) bond motifs is 10. The van der Waals surface area contributed by atoms with E-state index < -0.39 is 15.4 Å². The number of carbonyl (C=O) groups is 1. The van der Waals surface area contributed by atoms with Gasteiger partial charge in [-0.15, -0.1) is 0 Å². The van der Waals surface area contributed by atoms with Crippen molar-refractivity contribution in [3.8, 4) is 0 Å². The van der Waals surface area contributed by atoms with Crippen molar-refractivity contribution in [2.45, 2.75) is 143 Å². The zero-order valence-corrected chi connectivity index (χ0v) is 29.8. The summed E-state index contributed by atoms with van der Waals surface area (Å²) >= 11 is 0. The van der Waals surface area contributed by atoms with Gasteiger partial charge in [0.2, 0.25) is 15.7 Å². The average molecular weight is 676 g/mol. The SMILES string of the molecule is COCc1cccc(S(=O)(=O)c2ccc(CNC(=O)C34CC5CNC6(CCCCC(CCC6)C6CCCCC3CCC6)CC5N4)cc2)c1. The summed E-state index contributed by atoms with van der Waals surface area (Å²) in [5, 5.41) is 11.6. The molecule has 2 aliphatic carbocycles. The molecule has 6 bridgehead atoms. The Balaban J connectivity index is 1.11. The molecule has 5 fully saturated rings. The van der Waals surface area contributed by atoms with Crippen LogP contribution in [0.1, 0.15) is 114 Å². The van der Waals surface area contributed by atoms with Gasteiger partial charge in [-0.25, -0.2) is 8.42 Å². The number of amides is 1. The Kier molecular flexibility index (Phi) is 10.4. The molecule has 3 saturated heterocycles. The lowest BCUT2D eigenvalue weighted by molar-refractivity contribution is -0.130. The lowest BCUT2D eigenvalue weighted by Gasteiger charge is -2.44. The van der Waals surface area contributed by atoms with Crippen molar-refractivity contribution in [2.24, 2.45) is 23.7 Å². The highest BCUT2D eigenvalue weighted by molar-refractivity contribution is 7.91. The minimum Gasteiger partial charge on any atom is -0.380 e. The highest BCUT2D eigenvalue weighted by Gasteiger charge is 2.56. The van der Waals surface area contributed by atoms with E-state index in [0.29, 0.717) is 31.0 Å². The molecular formula is C40H57N3O4S. The van der Waals surface area contributed by atoms with Crippen molar-refractivity contribution in [2.75, 3.05) is 13.7 Å². The fourth-order valence-corrected chi connectivity index (χ4v) is 11.9. The van der Waals surface area contributed by atoms with E-state index in [1.54, 1.807) is 37.4 Å². The van der Waals surface area contributed by atoms with Crippen molar-refractivity contribution in [3.05, 3.63) is 59.7 Å². The van der Waals surface area contributed by atoms with Crippen LogP contribution in [0.3, 0.4) is 0 Å². The summed E-state index contributed by atoms with van der Waals surface area (Å²) < 4.78 is 32.0. The van der Waals surface area contributed by atoms with Gasteiger partial charge in [0.05, 0.1) is 16.4 Å². The van der Waals surface area contributed by atoms with Gasteiger partial charge in [-0.3, -0.25) is 10.1 Å². The monoisotopic (exact) mass is 675 g/mol. The molecule has 3 heterocycles. The van der Waals surface area contributed by atoms with Gasteiger partial charge < -0.3 is 15.4 Å². The topological polar surface area (TPSA) is 96.5 Å². The highest BCUT2D eigenvalue weighted by Crippen LogP contribution is 2.48. The zero-order chi connectivity index (χ0) is 33.2. The molecule has 8 heteroatoms. The maximum atomic E-state index is 14.6. The number of nitrogens with one attached hydrogen (secondary N) is 3. The van der Waals surface area contributed by atoms with Crippen LogP contribution in [0.25, 0.3) is 0 Å². The third kappa shape index (κ3) is 7.01. The molecule has 1 spiro atoms. The maximum Gasteiger partial charge on any atom is 0.240 e. The summed E-state index contributed by atoms with van der Waals surface area (Å²) in [6.45, 7) is 1.76. The smallest absolute Gasteiger partial charge is 0.240 e. The molecule has 7 nitrogen and oxygen atoms in total. The molecule has 0 radical (unpaired) electrons. The van der Waals surface area contributed by atoms with Gasteiger partial charge in [-0.05, 0) is 97.6 Å². The second-order valence-corrected chi connectivity index (χ2v) is 18.0. The van der Waals surface area contributed by atoms with Gasteiger partial charge >= 0.3 is 0 Å². The van der Waals surface area contributed by atoms with Crippen molar-refractivity contribution < 1.29 is 17.9 Å². The van der Waals surface area contributed by atoms with E-state index in [-0.39, 0.29) is 21.2 Å². The first kappa shape index (κ1) is 34.2. The van der Waals surface area contributed by atoms with Gasteiger partial charge in [0.15, 0.2) is 0 Å². The maximum absolute atomic E-state index is 14.6. The third-order valence-corrected chi connectivity index (χ3v) is 14.9. The number of rotatable bonds is 7. The molecule has 2 saturated carbocycles. The van der Waals surface area contributed by atoms with Gasteiger partial charge in [0, 0.05) is 31.8 Å². The molecule has 0 aromatic heterocycles. The van der Waals surface area contributed by atoms with E-state index in [9.17, 15) is 13.2 Å². The highest BCUT2D eigenvalue weighted by atomic mass is 32.2. The molecule has 7 rings (SSSR count). The summed E-state index contributed by atoms with van der Waals surface area (Å²) in [5.41, 5.74) is 1.38.